The molecule has 7 heteroatoms. The zero-order valence-corrected chi connectivity index (χ0v) is 9.45. The Morgan fingerprint density at radius 3 is 2.94 bits per heavy atom. The molecule has 0 amide bonds. The third kappa shape index (κ3) is 2.45. The molecule has 3 atom stereocenters. The van der Waals surface area contributed by atoms with Gasteiger partial charge in [0, 0.05) is 19.9 Å². The number of methoxy groups -OCH3 is 1. The van der Waals surface area contributed by atoms with Crippen molar-refractivity contribution in [3.8, 4) is 0 Å². The van der Waals surface area contributed by atoms with Crippen LogP contribution in [0.4, 0.5) is 16.2 Å². The second-order valence-electron chi connectivity index (χ2n) is 3.97. The number of hydrogen-bond donors (Lipinski definition) is 2. The van der Waals surface area contributed by atoms with Gasteiger partial charge in [-0.3, -0.25) is 0 Å². The van der Waals surface area contributed by atoms with Crippen LogP contribution in [0.1, 0.15) is 0 Å². The van der Waals surface area contributed by atoms with Crippen molar-refractivity contribution in [1.82, 2.24) is 9.97 Å². The molecular formula is C10H15FN4O2. The quantitative estimate of drug-likeness (QED) is 0.733. The summed E-state index contributed by atoms with van der Waals surface area (Å²) in [5.41, 5.74) is 5.53. The number of nitrogens with zero attached hydrogens (tertiary/aromatic N) is 3. The summed E-state index contributed by atoms with van der Waals surface area (Å²) in [6.45, 7) is 0.307. The smallest absolute Gasteiger partial charge is 0.227 e. The monoisotopic (exact) mass is 242 g/mol. The number of aliphatic hydroxyl groups excluding tert-OH is 1. The highest BCUT2D eigenvalue weighted by Crippen LogP contribution is 2.21. The summed E-state index contributed by atoms with van der Waals surface area (Å²) in [7, 11) is 1.38. The van der Waals surface area contributed by atoms with Gasteiger partial charge in [-0.15, -0.1) is 0 Å². The summed E-state index contributed by atoms with van der Waals surface area (Å²) in [6, 6.07) is 1.55. The first kappa shape index (κ1) is 12.0. The number of aromatic nitrogens is 2. The molecule has 2 heterocycles. The van der Waals surface area contributed by atoms with Crippen molar-refractivity contribution in [3.05, 3.63) is 12.3 Å². The van der Waals surface area contributed by atoms with Gasteiger partial charge in [0.1, 0.15) is 24.2 Å². The Morgan fingerprint density at radius 1 is 1.59 bits per heavy atom. The number of hydrogen-bond acceptors (Lipinski definition) is 6. The number of anilines is 2. The van der Waals surface area contributed by atoms with Gasteiger partial charge in [0.15, 0.2) is 0 Å². The fraction of sp³-hybridized carbons (Fsp3) is 0.600. The summed E-state index contributed by atoms with van der Waals surface area (Å²) in [5.74, 6) is 0.634. The zero-order valence-electron chi connectivity index (χ0n) is 9.45. The average Bonchev–Trinajstić information content (AvgIpc) is 2.28. The van der Waals surface area contributed by atoms with Gasteiger partial charge in [0.25, 0.3) is 0 Å². The summed E-state index contributed by atoms with van der Waals surface area (Å²) in [5, 5.41) is 9.75. The molecule has 0 aliphatic carbocycles. The predicted octanol–water partition coefficient (Wildman–Crippen LogP) is -0.407. The van der Waals surface area contributed by atoms with Gasteiger partial charge < -0.3 is 20.5 Å². The third-order valence-corrected chi connectivity index (χ3v) is 2.76. The molecule has 1 saturated heterocycles. The second kappa shape index (κ2) is 4.80. The Kier molecular flexibility index (Phi) is 3.39. The van der Waals surface area contributed by atoms with E-state index in [0.717, 1.165) is 0 Å². The topological polar surface area (TPSA) is 84.5 Å². The molecule has 1 aliphatic rings. The van der Waals surface area contributed by atoms with Gasteiger partial charge in [-0.25, -0.2) is 9.37 Å². The van der Waals surface area contributed by atoms with E-state index in [9.17, 15) is 9.50 Å². The van der Waals surface area contributed by atoms with E-state index in [0.29, 0.717) is 11.8 Å². The lowest BCUT2D eigenvalue weighted by Gasteiger charge is -2.37. The number of piperidine rings is 1. The van der Waals surface area contributed by atoms with Crippen molar-refractivity contribution in [2.75, 3.05) is 30.8 Å². The van der Waals surface area contributed by atoms with Crippen molar-refractivity contribution in [2.45, 2.75) is 18.4 Å². The lowest BCUT2D eigenvalue weighted by molar-refractivity contribution is -0.0627. The molecule has 2 rings (SSSR count). The SMILES string of the molecule is CO[C@@H]1[C@H](F)CN(c2nccc(N)n2)C[C@@H]1O. The molecule has 0 radical (unpaired) electrons. The summed E-state index contributed by atoms with van der Waals surface area (Å²) in [4.78, 5) is 9.55. The van der Waals surface area contributed by atoms with Crippen LogP contribution in [0.2, 0.25) is 0 Å². The summed E-state index contributed by atoms with van der Waals surface area (Å²) >= 11 is 0. The first-order chi connectivity index (χ1) is 8.11. The highest BCUT2D eigenvalue weighted by Gasteiger charge is 2.37. The Balaban J connectivity index is 2.14. The van der Waals surface area contributed by atoms with Crippen LogP contribution in [0.15, 0.2) is 12.3 Å². The lowest BCUT2D eigenvalue weighted by Crippen LogP contribution is -2.55. The number of nitrogens with two attached hydrogens (primary N) is 1. The fourth-order valence-electron chi connectivity index (χ4n) is 1.94. The molecule has 94 valence electrons. The van der Waals surface area contributed by atoms with Crippen LogP contribution >= 0.6 is 0 Å². The number of halogens is 1. The van der Waals surface area contributed by atoms with Crippen LogP contribution in [-0.2, 0) is 4.74 Å². The maximum Gasteiger partial charge on any atom is 0.227 e. The van der Waals surface area contributed by atoms with Crippen molar-refractivity contribution < 1.29 is 14.2 Å². The largest absolute Gasteiger partial charge is 0.388 e. The molecule has 17 heavy (non-hydrogen) atoms. The lowest BCUT2D eigenvalue weighted by atomic mass is 10.0. The maximum atomic E-state index is 13.7. The molecule has 0 bridgehead atoms. The molecule has 3 N–H and O–H groups in total. The molecular weight excluding hydrogens is 227 g/mol. The minimum absolute atomic E-state index is 0.0824. The first-order valence-corrected chi connectivity index (χ1v) is 5.30. The van der Waals surface area contributed by atoms with E-state index < -0.39 is 18.4 Å². The standard InChI is InChI=1S/C10H15FN4O2/c1-17-9-6(11)4-15(5-7(9)16)10-13-3-2-8(12)14-10/h2-3,6-7,9,16H,4-5H2,1H3,(H2,12,13,14)/t6-,7+,9-/m1/s1. The van der Waals surface area contributed by atoms with Gasteiger partial charge in [-0.05, 0) is 6.07 Å². The molecule has 1 fully saturated rings. The summed E-state index contributed by atoms with van der Waals surface area (Å²) < 4.78 is 18.6. The van der Waals surface area contributed by atoms with E-state index in [1.807, 2.05) is 0 Å². The highest BCUT2D eigenvalue weighted by molar-refractivity contribution is 5.38. The van der Waals surface area contributed by atoms with E-state index in [1.54, 1.807) is 11.0 Å². The molecule has 0 aromatic carbocycles. The number of rotatable bonds is 2. The normalized spacial score (nSPS) is 29.4. The van der Waals surface area contributed by atoms with Crippen LogP contribution < -0.4 is 10.6 Å². The van der Waals surface area contributed by atoms with Crippen molar-refractivity contribution in [2.24, 2.45) is 0 Å². The van der Waals surface area contributed by atoms with Crippen LogP contribution in [0.5, 0.6) is 0 Å². The van der Waals surface area contributed by atoms with Gasteiger partial charge in [0.05, 0.1) is 6.54 Å². The molecule has 1 aliphatic heterocycles. The van der Waals surface area contributed by atoms with Gasteiger partial charge >= 0.3 is 0 Å². The molecule has 0 saturated carbocycles. The Hall–Kier alpha value is -1.47. The fourth-order valence-corrected chi connectivity index (χ4v) is 1.94. The Bertz CT molecular complexity index is 380. The van der Waals surface area contributed by atoms with Crippen LogP contribution in [-0.4, -0.2) is 53.7 Å². The molecule has 1 aromatic rings. The Labute approximate surface area is 98.2 Å². The van der Waals surface area contributed by atoms with Crippen molar-refractivity contribution >= 4 is 11.8 Å². The van der Waals surface area contributed by atoms with Crippen molar-refractivity contribution in [1.29, 1.82) is 0 Å². The molecule has 1 aromatic heterocycles. The minimum atomic E-state index is -1.28. The average molecular weight is 242 g/mol. The number of aliphatic hydroxyl groups is 1. The van der Waals surface area contributed by atoms with Crippen LogP contribution in [0, 0.1) is 0 Å². The Morgan fingerprint density at radius 2 is 2.35 bits per heavy atom. The van der Waals surface area contributed by atoms with E-state index in [-0.39, 0.29) is 13.1 Å². The van der Waals surface area contributed by atoms with Gasteiger partial charge in [0.2, 0.25) is 5.95 Å². The van der Waals surface area contributed by atoms with Crippen LogP contribution in [0.3, 0.4) is 0 Å². The molecule has 0 unspecified atom stereocenters. The van der Waals surface area contributed by atoms with E-state index in [2.05, 4.69) is 9.97 Å². The minimum Gasteiger partial charge on any atom is -0.388 e. The molecule has 0 spiro atoms. The van der Waals surface area contributed by atoms with E-state index >= 15 is 0 Å². The second-order valence-corrected chi connectivity index (χ2v) is 3.97. The summed E-state index contributed by atoms with van der Waals surface area (Å²) in [6.07, 6.45) is -1.49. The highest BCUT2D eigenvalue weighted by atomic mass is 19.1. The molecule has 6 nitrogen and oxygen atoms in total. The van der Waals surface area contributed by atoms with Gasteiger partial charge in [-0.1, -0.05) is 0 Å². The van der Waals surface area contributed by atoms with Gasteiger partial charge in [-0.2, -0.15) is 4.98 Å². The third-order valence-electron chi connectivity index (χ3n) is 2.76. The zero-order chi connectivity index (χ0) is 12.4. The maximum absolute atomic E-state index is 13.7. The van der Waals surface area contributed by atoms with E-state index in [4.69, 9.17) is 10.5 Å². The number of β-amino-alcohol motifs (C(OH)–C–C–N with tert-alkyl or cyclic N) is 1. The number of nitrogen functional groups attached to an aromatic ring is 1. The number of alkyl halides is 1. The number of ether oxygens (including phenoxy) is 1. The van der Waals surface area contributed by atoms with Crippen LogP contribution in [0.25, 0.3) is 0 Å². The van der Waals surface area contributed by atoms with Crippen molar-refractivity contribution in [3.63, 3.8) is 0 Å². The van der Waals surface area contributed by atoms with E-state index in [1.165, 1.54) is 13.3 Å². The predicted molar refractivity (Wildman–Crippen MR) is 60.4 cm³/mol. The first-order valence-electron chi connectivity index (χ1n) is 5.30.